The van der Waals surface area contributed by atoms with E-state index in [-0.39, 0.29) is 0 Å². The Hall–Kier alpha value is -0.340. The van der Waals surface area contributed by atoms with E-state index in [0.717, 1.165) is 43.9 Å². The third kappa shape index (κ3) is 3.83. The number of hydrogen-bond acceptors (Lipinski definition) is 2. The van der Waals surface area contributed by atoms with Crippen LogP contribution < -0.4 is 5.32 Å². The number of hydrogen-bond donors (Lipinski definition) is 1. The fourth-order valence-electron chi connectivity index (χ4n) is 3.40. The van der Waals surface area contributed by atoms with Crippen LogP contribution in [0.4, 0.5) is 0 Å². The maximum Gasteiger partial charge on any atom is 0.0478 e. The molecule has 0 radical (unpaired) electrons. The first-order chi connectivity index (χ1) is 8.81. The predicted octanol–water partition coefficient (Wildman–Crippen LogP) is 3.38. The van der Waals surface area contributed by atoms with Gasteiger partial charge in [-0.3, -0.25) is 0 Å². The SMILES string of the molecule is CCCCOCCCNC(C)C1CC2C=CC1C2. The standard InChI is InChI=1S/C16H29NO/c1-3-4-9-18-10-5-8-17-13(2)16-12-14-6-7-15(16)11-14/h6-7,13-17H,3-5,8-12H2,1-2H3. The topological polar surface area (TPSA) is 21.3 Å². The summed E-state index contributed by atoms with van der Waals surface area (Å²) in [6.45, 7) is 7.51. The van der Waals surface area contributed by atoms with Gasteiger partial charge >= 0.3 is 0 Å². The second kappa shape index (κ2) is 7.30. The molecule has 2 bridgehead atoms. The highest BCUT2D eigenvalue weighted by Gasteiger charge is 2.38. The molecule has 0 aromatic rings. The summed E-state index contributed by atoms with van der Waals surface area (Å²) >= 11 is 0. The van der Waals surface area contributed by atoms with Crippen molar-refractivity contribution in [2.45, 2.75) is 52.0 Å². The van der Waals surface area contributed by atoms with Gasteiger partial charge < -0.3 is 10.1 Å². The molecule has 0 aliphatic heterocycles. The fraction of sp³-hybridized carbons (Fsp3) is 0.875. The Balaban J connectivity index is 1.50. The lowest BCUT2D eigenvalue weighted by molar-refractivity contribution is 0.127. The first kappa shape index (κ1) is 14.1. The molecular formula is C16H29NO. The molecule has 4 unspecified atom stereocenters. The zero-order valence-corrected chi connectivity index (χ0v) is 12.0. The predicted molar refractivity (Wildman–Crippen MR) is 76.7 cm³/mol. The second-order valence-electron chi connectivity index (χ2n) is 6.01. The molecule has 1 saturated carbocycles. The van der Waals surface area contributed by atoms with Crippen LogP contribution in [0.1, 0.15) is 46.0 Å². The number of fused-ring (bicyclic) bond motifs is 2. The van der Waals surface area contributed by atoms with Gasteiger partial charge in [-0.25, -0.2) is 0 Å². The second-order valence-corrected chi connectivity index (χ2v) is 6.01. The van der Waals surface area contributed by atoms with Gasteiger partial charge in [-0.15, -0.1) is 0 Å². The highest BCUT2D eigenvalue weighted by Crippen LogP contribution is 2.44. The Kier molecular flexibility index (Phi) is 5.71. The molecule has 0 saturated heterocycles. The molecule has 4 atom stereocenters. The van der Waals surface area contributed by atoms with Crippen molar-refractivity contribution >= 4 is 0 Å². The van der Waals surface area contributed by atoms with Gasteiger partial charge in [0.2, 0.25) is 0 Å². The molecule has 2 aliphatic carbocycles. The van der Waals surface area contributed by atoms with Gasteiger partial charge in [0.1, 0.15) is 0 Å². The minimum Gasteiger partial charge on any atom is -0.381 e. The summed E-state index contributed by atoms with van der Waals surface area (Å²) in [5, 5.41) is 3.69. The highest BCUT2D eigenvalue weighted by molar-refractivity contribution is 5.11. The third-order valence-corrected chi connectivity index (χ3v) is 4.55. The van der Waals surface area contributed by atoms with Crippen LogP contribution in [0.3, 0.4) is 0 Å². The third-order valence-electron chi connectivity index (χ3n) is 4.55. The molecule has 1 N–H and O–H groups in total. The molecular weight excluding hydrogens is 222 g/mol. The molecule has 104 valence electrons. The van der Waals surface area contributed by atoms with E-state index >= 15 is 0 Å². The first-order valence-electron chi connectivity index (χ1n) is 7.80. The molecule has 0 amide bonds. The summed E-state index contributed by atoms with van der Waals surface area (Å²) in [6, 6.07) is 0.667. The summed E-state index contributed by atoms with van der Waals surface area (Å²) in [5.41, 5.74) is 0. The summed E-state index contributed by atoms with van der Waals surface area (Å²) in [5.74, 6) is 2.63. The summed E-state index contributed by atoms with van der Waals surface area (Å²) in [6.07, 6.45) is 11.3. The van der Waals surface area contributed by atoms with Crippen LogP contribution in [0.25, 0.3) is 0 Å². The highest BCUT2D eigenvalue weighted by atomic mass is 16.5. The van der Waals surface area contributed by atoms with E-state index in [4.69, 9.17) is 4.74 Å². The van der Waals surface area contributed by atoms with Gasteiger partial charge in [-0.05, 0) is 56.9 Å². The van der Waals surface area contributed by atoms with Gasteiger partial charge in [0.25, 0.3) is 0 Å². The normalized spacial score (nSPS) is 31.1. The Morgan fingerprint density at radius 2 is 2.06 bits per heavy atom. The Labute approximate surface area is 112 Å². The quantitative estimate of drug-likeness (QED) is 0.501. The van der Waals surface area contributed by atoms with Crippen molar-refractivity contribution in [1.29, 1.82) is 0 Å². The molecule has 2 heteroatoms. The lowest BCUT2D eigenvalue weighted by Crippen LogP contribution is -2.36. The molecule has 2 nitrogen and oxygen atoms in total. The number of allylic oxidation sites excluding steroid dienone is 2. The van der Waals surface area contributed by atoms with E-state index in [1.54, 1.807) is 0 Å². The first-order valence-corrected chi connectivity index (χ1v) is 7.80. The summed E-state index contributed by atoms with van der Waals surface area (Å²) < 4.78 is 5.58. The van der Waals surface area contributed by atoms with E-state index in [1.807, 2.05) is 0 Å². The molecule has 2 rings (SSSR count). The van der Waals surface area contributed by atoms with E-state index in [1.165, 1.54) is 25.7 Å². The zero-order valence-electron chi connectivity index (χ0n) is 12.0. The number of unbranched alkanes of at least 4 members (excludes halogenated alkanes) is 1. The van der Waals surface area contributed by atoms with Crippen LogP contribution >= 0.6 is 0 Å². The van der Waals surface area contributed by atoms with E-state index < -0.39 is 0 Å². The smallest absolute Gasteiger partial charge is 0.0478 e. The van der Waals surface area contributed by atoms with Gasteiger partial charge in [-0.2, -0.15) is 0 Å². The van der Waals surface area contributed by atoms with Crippen LogP contribution in [0, 0.1) is 17.8 Å². The van der Waals surface area contributed by atoms with Gasteiger partial charge in [0.05, 0.1) is 0 Å². The van der Waals surface area contributed by atoms with Crippen molar-refractivity contribution in [1.82, 2.24) is 5.32 Å². The largest absolute Gasteiger partial charge is 0.381 e. The van der Waals surface area contributed by atoms with E-state index in [0.29, 0.717) is 6.04 Å². The van der Waals surface area contributed by atoms with E-state index in [9.17, 15) is 0 Å². The van der Waals surface area contributed by atoms with Crippen molar-refractivity contribution in [2.75, 3.05) is 19.8 Å². The maximum atomic E-state index is 5.58. The van der Waals surface area contributed by atoms with Gasteiger partial charge in [0.15, 0.2) is 0 Å². The molecule has 1 fully saturated rings. The van der Waals surface area contributed by atoms with Crippen molar-refractivity contribution in [3.63, 3.8) is 0 Å². The van der Waals surface area contributed by atoms with Crippen LogP contribution in [0.2, 0.25) is 0 Å². The van der Waals surface area contributed by atoms with Crippen LogP contribution in [-0.4, -0.2) is 25.8 Å². The van der Waals surface area contributed by atoms with Crippen molar-refractivity contribution in [3.05, 3.63) is 12.2 Å². The summed E-state index contributed by atoms with van der Waals surface area (Å²) in [7, 11) is 0. The van der Waals surface area contributed by atoms with Gasteiger partial charge in [0, 0.05) is 19.3 Å². The molecule has 2 aliphatic rings. The molecule has 0 heterocycles. The number of rotatable bonds is 9. The van der Waals surface area contributed by atoms with Crippen molar-refractivity contribution in [2.24, 2.45) is 17.8 Å². The van der Waals surface area contributed by atoms with Crippen molar-refractivity contribution in [3.8, 4) is 0 Å². The fourth-order valence-corrected chi connectivity index (χ4v) is 3.40. The number of nitrogens with one attached hydrogen (secondary N) is 1. The maximum absolute atomic E-state index is 5.58. The molecule has 0 spiro atoms. The average molecular weight is 251 g/mol. The monoisotopic (exact) mass is 251 g/mol. The van der Waals surface area contributed by atoms with E-state index in [2.05, 4.69) is 31.3 Å². The molecule has 18 heavy (non-hydrogen) atoms. The summed E-state index contributed by atoms with van der Waals surface area (Å²) in [4.78, 5) is 0. The lowest BCUT2D eigenvalue weighted by atomic mass is 9.87. The van der Waals surface area contributed by atoms with Gasteiger partial charge in [-0.1, -0.05) is 25.5 Å². The van der Waals surface area contributed by atoms with Crippen LogP contribution in [0.5, 0.6) is 0 Å². The Bertz CT molecular complexity index is 264. The van der Waals surface area contributed by atoms with Crippen LogP contribution in [-0.2, 0) is 4.74 Å². The molecule has 0 aromatic heterocycles. The minimum absolute atomic E-state index is 0.667. The number of ether oxygens (including phenoxy) is 1. The minimum atomic E-state index is 0.667. The van der Waals surface area contributed by atoms with Crippen molar-refractivity contribution < 1.29 is 4.74 Å². The van der Waals surface area contributed by atoms with Crippen LogP contribution in [0.15, 0.2) is 12.2 Å². The molecule has 0 aromatic carbocycles. The average Bonchev–Trinajstić information content (AvgIpc) is 2.99. The Morgan fingerprint density at radius 1 is 1.22 bits per heavy atom. The Morgan fingerprint density at radius 3 is 2.72 bits per heavy atom. The zero-order chi connectivity index (χ0) is 12.8. The lowest BCUT2D eigenvalue weighted by Gasteiger charge is -2.26.